The van der Waals surface area contributed by atoms with Crippen molar-refractivity contribution in [2.45, 2.75) is 26.7 Å². The molecule has 2 N–H and O–H groups in total. The van der Waals surface area contributed by atoms with Crippen molar-refractivity contribution >= 4 is 5.84 Å². The van der Waals surface area contributed by atoms with Crippen molar-refractivity contribution in [1.29, 1.82) is 0 Å². The molecular formula is C7H16N2. The molecule has 0 amide bonds. The van der Waals surface area contributed by atoms with Gasteiger partial charge in [0.1, 0.15) is 0 Å². The van der Waals surface area contributed by atoms with E-state index in [1.54, 1.807) is 7.05 Å². The number of aliphatic imine (C=N–C) groups is 1. The molecule has 0 fully saturated rings. The molecule has 0 heterocycles. The Morgan fingerprint density at radius 3 is 2.56 bits per heavy atom. The lowest BCUT2D eigenvalue weighted by Gasteiger charge is -2.05. The van der Waals surface area contributed by atoms with E-state index in [0.29, 0.717) is 5.92 Å². The van der Waals surface area contributed by atoms with Gasteiger partial charge in [-0.2, -0.15) is 0 Å². The van der Waals surface area contributed by atoms with Gasteiger partial charge in [-0.15, -0.1) is 0 Å². The van der Waals surface area contributed by atoms with Crippen LogP contribution >= 0.6 is 0 Å². The zero-order valence-electron chi connectivity index (χ0n) is 6.52. The van der Waals surface area contributed by atoms with E-state index < -0.39 is 0 Å². The van der Waals surface area contributed by atoms with Crippen LogP contribution in [0.3, 0.4) is 0 Å². The van der Waals surface area contributed by atoms with Crippen LogP contribution in [-0.2, 0) is 0 Å². The maximum atomic E-state index is 5.50. The molecule has 0 unspecified atom stereocenters. The number of rotatable bonds is 3. The average molecular weight is 128 g/mol. The van der Waals surface area contributed by atoms with Crippen molar-refractivity contribution in [3.05, 3.63) is 0 Å². The highest BCUT2D eigenvalue weighted by molar-refractivity contribution is 5.80. The number of nitrogens with zero attached hydrogens (tertiary/aromatic N) is 1. The molecule has 0 bridgehead atoms. The second-order valence-corrected chi connectivity index (χ2v) is 2.43. The van der Waals surface area contributed by atoms with Gasteiger partial charge in [0.15, 0.2) is 0 Å². The van der Waals surface area contributed by atoms with Crippen molar-refractivity contribution in [1.82, 2.24) is 0 Å². The predicted octanol–water partition coefficient (Wildman–Crippen LogP) is 1.41. The van der Waals surface area contributed by atoms with Crippen LogP contribution in [0.2, 0.25) is 0 Å². The highest BCUT2D eigenvalue weighted by Crippen LogP contribution is 2.04. The average Bonchev–Trinajstić information content (AvgIpc) is 1.87. The van der Waals surface area contributed by atoms with Crippen LogP contribution in [-0.4, -0.2) is 12.9 Å². The lowest BCUT2D eigenvalue weighted by molar-refractivity contribution is 0.585. The first kappa shape index (κ1) is 8.47. The second kappa shape index (κ2) is 4.36. The molecule has 0 rings (SSSR count). The minimum atomic E-state index is 0.675. The summed E-state index contributed by atoms with van der Waals surface area (Å²) in [6.45, 7) is 4.34. The van der Waals surface area contributed by atoms with Crippen molar-refractivity contribution in [3.8, 4) is 0 Å². The highest BCUT2D eigenvalue weighted by Gasteiger charge is 1.99. The molecule has 0 aromatic rings. The van der Waals surface area contributed by atoms with E-state index in [9.17, 15) is 0 Å². The van der Waals surface area contributed by atoms with E-state index in [1.807, 2.05) is 0 Å². The fourth-order valence-electron chi connectivity index (χ4n) is 0.593. The number of amidine groups is 1. The quantitative estimate of drug-likeness (QED) is 0.453. The summed E-state index contributed by atoms with van der Waals surface area (Å²) < 4.78 is 0. The summed E-state index contributed by atoms with van der Waals surface area (Å²) in [6, 6.07) is 0. The summed E-state index contributed by atoms with van der Waals surface area (Å²) in [5.74, 6) is 1.44. The zero-order valence-corrected chi connectivity index (χ0v) is 6.52. The third-order valence-corrected chi connectivity index (χ3v) is 1.54. The Labute approximate surface area is 57.2 Å². The van der Waals surface area contributed by atoms with Gasteiger partial charge in [0.2, 0.25) is 0 Å². The van der Waals surface area contributed by atoms with Gasteiger partial charge >= 0.3 is 0 Å². The Hall–Kier alpha value is -0.530. The summed E-state index contributed by atoms with van der Waals surface area (Å²) in [4.78, 5) is 3.87. The van der Waals surface area contributed by atoms with Crippen LogP contribution in [0.25, 0.3) is 0 Å². The topological polar surface area (TPSA) is 38.4 Å². The standard InChI is InChI=1S/C7H16N2/c1-4-6(2)5-7(8)9-3/h6H,4-5H2,1-3H3,(H2,8,9)/t6-/m1/s1. The van der Waals surface area contributed by atoms with Gasteiger partial charge in [0.05, 0.1) is 5.84 Å². The summed E-state index contributed by atoms with van der Waals surface area (Å²) >= 11 is 0. The molecule has 0 aromatic heterocycles. The fourth-order valence-corrected chi connectivity index (χ4v) is 0.593. The lowest BCUT2D eigenvalue weighted by atomic mass is 10.1. The van der Waals surface area contributed by atoms with Gasteiger partial charge in [-0.05, 0) is 5.92 Å². The summed E-state index contributed by atoms with van der Waals surface area (Å²) in [7, 11) is 1.73. The normalized spacial score (nSPS) is 15.7. The predicted molar refractivity (Wildman–Crippen MR) is 41.6 cm³/mol. The first-order valence-corrected chi connectivity index (χ1v) is 3.41. The van der Waals surface area contributed by atoms with Crippen LogP contribution in [0.4, 0.5) is 0 Å². The van der Waals surface area contributed by atoms with Gasteiger partial charge in [0, 0.05) is 13.5 Å². The molecule has 0 aliphatic heterocycles. The van der Waals surface area contributed by atoms with Crippen LogP contribution in [0, 0.1) is 5.92 Å². The van der Waals surface area contributed by atoms with Gasteiger partial charge < -0.3 is 5.73 Å². The highest BCUT2D eigenvalue weighted by atomic mass is 14.8. The van der Waals surface area contributed by atoms with Gasteiger partial charge in [0.25, 0.3) is 0 Å². The first-order chi connectivity index (χ1) is 4.20. The molecule has 0 spiro atoms. The molecule has 54 valence electrons. The monoisotopic (exact) mass is 128 g/mol. The second-order valence-electron chi connectivity index (χ2n) is 2.43. The summed E-state index contributed by atoms with van der Waals surface area (Å²) in [5, 5.41) is 0. The molecule has 0 aliphatic rings. The van der Waals surface area contributed by atoms with Crippen LogP contribution < -0.4 is 5.73 Å². The van der Waals surface area contributed by atoms with Gasteiger partial charge in [-0.1, -0.05) is 20.3 Å². The number of nitrogens with two attached hydrogens (primary N) is 1. The Kier molecular flexibility index (Phi) is 4.10. The molecule has 9 heavy (non-hydrogen) atoms. The van der Waals surface area contributed by atoms with Gasteiger partial charge in [-0.25, -0.2) is 0 Å². The molecule has 1 atom stereocenters. The smallest absolute Gasteiger partial charge is 0.0936 e. The maximum absolute atomic E-state index is 5.50. The van der Waals surface area contributed by atoms with E-state index >= 15 is 0 Å². The molecule has 0 saturated heterocycles. The van der Waals surface area contributed by atoms with E-state index in [1.165, 1.54) is 6.42 Å². The molecule has 0 aliphatic carbocycles. The molecule has 0 saturated carbocycles. The Morgan fingerprint density at radius 2 is 2.22 bits per heavy atom. The Balaban J connectivity index is 3.47. The van der Waals surface area contributed by atoms with Crippen molar-refractivity contribution in [2.24, 2.45) is 16.6 Å². The van der Waals surface area contributed by atoms with Crippen molar-refractivity contribution in [2.75, 3.05) is 7.05 Å². The minimum absolute atomic E-state index is 0.675. The Morgan fingerprint density at radius 1 is 1.67 bits per heavy atom. The maximum Gasteiger partial charge on any atom is 0.0936 e. The largest absolute Gasteiger partial charge is 0.387 e. The molecule has 2 nitrogen and oxygen atoms in total. The summed E-state index contributed by atoms with van der Waals surface area (Å²) in [5.41, 5.74) is 5.50. The van der Waals surface area contributed by atoms with Crippen molar-refractivity contribution < 1.29 is 0 Å². The minimum Gasteiger partial charge on any atom is -0.387 e. The van der Waals surface area contributed by atoms with E-state index in [4.69, 9.17) is 5.73 Å². The van der Waals surface area contributed by atoms with Crippen molar-refractivity contribution in [3.63, 3.8) is 0 Å². The third kappa shape index (κ3) is 4.01. The fraction of sp³-hybridized carbons (Fsp3) is 0.857. The SMILES string of the molecule is CC[C@@H](C)CC(N)=NC. The number of hydrogen-bond donors (Lipinski definition) is 1. The van der Waals surface area contributed by atoms with Crippen LogP contribution in [0.15, 0.2) is 4.99 Å². The third-order valence-electron chi connectivity index (χ3n) is 1.54. The first-order valence-electron chi connectivity index (χ1n) is 3.41. The molecule has 0 radical (unpaired) electrons. The van der Waals surface area contributed by atoms with Crippen LogP contribution in [0.1, 0.15) is 26.7 Å². The Bertz CT molecular complexity index is 97.1. The molecule has 2 heteroatoms. The summed E-state index contributed by atoms with van der Waals surface area (Å²) in [6.07, 6.45) is 2.11. The van der Waals surface area contributed by atoms with E-state index in [0.717, 1.165) is 12.3 Å². The van der Waals surface area contributed by atoms with E-state index in [-0.39, 0.29) is 0 Å². The van der Waals surface area contributed by atoms with E-state index in [2.05, 4.69) is 18.8 Å². The van der Waals surface area contributed by atoms with Gasteiger partial charge in [-0.3, -0.25) is 4.99 Å². The molecular weight excluding hydrogens is 112 g/mol. The lowest BCUT2D eigenvalue weighted by Crippen LogP contribution is -2.14. The van der Waals surface area contributed by atoms with Crippen LogP contribution in [0.5, 0.6) is 0 Å². The zero-order chi connectivity index (χ0) is 7.28. The number of hydrogen-bond acceptors (Lipinski definition) is 1. The molecule has 0 aromatic carbocycles.